The van der Waals surface area contributed by atoms with Crippen molar-refractivity contribution in [3.8, 4) is 11.3 Å². The topological polar surface area (TPSA) is 86.4 Å². The average molecular weight is 449 g/mol. The minimum Gasteiger partial charge on any atom is -0.368 e. The van der Waals surface area contributed by atoms with Gasteiger partial charge in [-0.2, -0.15) is 4.98 Å². The third kappa shape index (κ3) is 4.39. The van der Waals surface area contributed by atoms with Gasteiger partial charge in [-0.05, 0) is 30.7 Å². The highest BCUT2D eigenvalue weighted by atomic mass is 32.1. The van der Waals surface area contributed by atoms with Crippen LogP contribution in [0.1, 0.15) is 11.1 Å². The average Bonchev–Trinajstić information content (AvgIpc) is 3.31. The lowest BCUT2D eigenvalue weighted by atomic mass is 9.96. The minimum atomic E-state index is 0.316. The summed E-state index contributed by atoms with van der Waals surface area (Å²) >= 11 is 1.57. The predicted molar refractivity (Wildman–Crippen MR) is 131 cm³/mol. The Kier molecular flexibility index (Phi) is 5.67. The molecule has 4 heterocycles. The Morgan fingerprint density at radius 3 is 2.72 bits per heavy atom. The van der Waals surface area contributed by atoms with Crippen LogP contribution >= 0.6 is 11.3 Å². The molecule has 0 atom stereocenters. The van der Waals surface area contributed by atoms with Gasteiger partial charge in [-0.3, -0.25) is 0 Å². The minimum absolute atomic E-state index is 0.316. The van der Waals surface area contributed by atoms with Crippen molar-refractivity contribution in [1.82, 2.24) is 24.8 Å². The zero-order valence-electron chi connectivity index (χ0n) is 18.3. The number of nitrogen functional groups attached to an aromatic ring is 1. The van der Waals surface area contributed by atoms with Crippen molar-refractivity contribution in [2.24, 2.45) is 0 Å². The van der Waals surface area contributed by atoms with Crippen LogP contribution in [0, 0.1) is 0 Å². The molecule has 0 saturated carbocycles. The molecule has 32 heavy (non-hydrogen) atoms. The molecule has 0 amide bonds. The molecule has 1 fully saturated rings. The fourth-order valence-electron chi connectivity index (χ4n) is 4.23. The van der Waals surface area contributed by atoms with Crippen LogP contribution in [-0.2, 0) is 13.0 Å². The summed E-state index contributed by atoms with van der Waals surface area (Å²) in [6, 6.07) is 8.65. The van der Waals surface area contributed by atoms with Gasteiger partial charge >= 0.3 is 0 Å². The van der Waals surface area contributed by atoms with Gasteiger partial charge in [-0.15, -0.1) is 11.3 Å². The first-order chi connectivity index (χ1) is 15.5. The van der Waals surface area contributed by atoms with E-state index in [0.717, 1.165) is 73.7 Å². The van der Waals surface area contributed by atoms with Gasteiger partial charge in [0.05, 0.1) is 5.69 Å². The molecule has 0 radical (unpaired) electrons. The van der Waals surface area contributed by atoms with Crippen LogP contribution in [0.5, 0.6) is 0 Å². The Labute approximate surface area is 192 Å². The van der Waals surface area contributed by atoms with E-state index in [-0.39, 0.29) is 0 Å². The second-order valence-corrected chi connectivity index (χ2v) is 9.22. The Morgan fingerprint density at radius 2 is 1.94 bits per heavy atom. The smallest absolute Gasteiger partial charge is 0.222 e. The maximum absolute atomic E-state index is 6.10. The predicted octanol–water partition coefficient (Wildman–Crippen LogP) is 2.88. The first-order valence-electron chi connectivity index (χ1n) is 10.9. The molecule has 0 unspecified atom stereocenters. The van der Waals surface area contributed by atoms with Gasteiger partial charge in [-0.25, -0.2) is 9.97 Å². The summed E-state index contributed by atoms with van der Waals surface area (Å²) in [7, 11) is 2.15. The molecular weight excluding hydrogens is 420 g/mol. The molecule has 8 nitrogen and oxygen atoms in total. The number of anilines is 3. The van der Waals surface area contributed by atoms with Crippen LogP contribution in [0.15, 0.2) is 48.2 Å². The standard InChI is InChI=1S/C23H28N8S/c1-16(26-23-25-6-12-32-23)31-7-5-17-3-4-18(13-19(17)15-31)20-14-21(28-22(24)27-20)30-10-8-29(2)9-11-30/h3-4,6,12-14H,1,5,7-11,15H2,2H3,(H,25,26)(H2,24,27,28). The van der Waals surface area contributed by atoms with Gasteiger partial charge in [0.2, 0.25) is 5.95 Å². The van der Waals surface area contributed by atoms with Crippen LogP contribution in [0.25, 0.3) is 11.3 Å². The van der Waals surface area contributed by atoms with E-state index in [9.17, 15) is 0 Å². The summed E-state index contributed by atoms with van der Waals surface area (Å²) in [5.74, 6) is 2.09. The quantitative estimate of drug-likeness (QED) is 0.616. The van der Waals surface area contributed by atoms with Crippen molar-refractivity contribution in [3.05, 3.63) is 59.4 Å². The van der Waals surface area contributed by atoms with Crippen molar-refractivity contribution in [3.63, 3.8) is 0 Å². The lowest BCUT2D eigenvalue weighted by Gasteiger charge is -2.33. The summed E-state index contributed by atoms with van der Waals surface area (Å²) in [6.45, 7) is 9.88. The monoisotopic (exact) mass is 448 g/mol. The molecule has 3 aromatic rings. The van der Waals surface area contributed by atoms with Crippen molar-refractivity contribution < 1.29 is 0 Å². The van der Waals surface area contributed by atoms with Crippen molar-refractivity contribution in [2.45, 2.75) is 13.0 Å². The first-order valence-corrected chi connectivity index (χ1v) is 11.7. The molecule has 0 bridgehead atoms. The van der Waals surface area contributed by atoms with Gasteiger partial charge in [0, 0.05) is 62.5 Å². The summed E-state index contributed by atoms with van der Waals surface area (Å²) in [6.07, 6.45) is 2.77. The molecular formula is C23H28N8S. The van der Waals surface area contributed by atoms with Gasteiger partial charge < -0.3 is 25.8 Å². The van der Waals surface area contributed by atoms with E-state index in [2.05, 4.69) is 72.9 Å². The second-order valence-electron chi connectivity index (χ2n) is 8.32. The molecule has 1 aromatic carbocycles. The fourth-order valence-corrected chi connectivity index (χ4v) is 4.78. The lowest BCUT2D eigenvalue weighted by molar-refractivity contribution is 0.312. The zero-order valence-corrected chi connectivity index (χ0v) is 19.1. The number of hydrogen-bond acceptors (Lipinski definition) is 9. The number of benzene rings is 1. The van der Waals surface area contributed by atoms with Crippen LogP contribution in [-0.4, -0.2) is 64.5 Å². The van der Waals surface area contributed by atoms with E-state index < -0.39 is 0 Å². The van der Waals surface area contributed by atoms with Crippen LogP contribution in [0.4, 0.5) is 16.9 Å². The summed E-state index contributed by atoms with van der Waals surface area (Å²) in [4.78, 5) is 20.2. The van der Waals surface area contributed by atoms with Gasteiger partial charge in [0.15, 0.2) is 5.13 Å². The van der Waals surface area contributed by atoms with E-state index in [4.69, 9.17) is 5.73 Å². The molecule has 3 N–H and O–H groups in total. The molecule has 2 aromatic heterocycles. The highest BCUT2D eigenvalue weighted by molar-refractivity contribution is 7.13. The van der Waals surface area contributed by atoms with Gasteiger partial charge in [0.25, 0.3) is 0 Å². The van der Waals surface area contributed by atoms with Crippen LogP contribution < -0.4 is 16.0 Å². The number of rotatable bonds is 5. The van der Waals surface area contributed by atoms with Crippen molar-refractivity contribution in [1.29, 1.82) is 0 Å². The molecule has 166 valence electrons. The largest absolute Gasteiger partial charge is 0.368 e. The molecule has 0 aliphatic carbocycles. The maximum Gasteiger partial charge on any atom is 0.222 e. The van der Waals surface area contributed by atoms with E-state index in [1.807, 2.05) is 5.38 Å². The first kappa shape index (κ1) is 20.7. The third-order valence-electron chi connectivity index (χ3n) is 6.14. The summed E-state index contributed by atoms with van der Waals surface area (Å²) in [5.41, 5.74) is 10.7. The molecule has 1 saturated heterocycles. The summed E-state index contributed by atoms with van der Waals surface area (Å²) in [5, 5.41) is 6.13. The number of aromatic nitrogens is 3. The number of piperazine rings is 1. The van der Waals surface area contributed by atoms with Gasteiger partial charge in [-0.1, -0.05) is 18.7 Å². The maximum atomic E-state index is 6.10. The number of nitrogens with two attached hydrogens (primary N) is 1. The molecule has 2 aliphatic rings. The number of hydrogen-bond donors (Lipinski definition) is 2. The highest BCUT2D eigenvalue weighted by Gasteiger charge is 2.20. The number of fused-ring (bicyclic) bond motifs is 1. The van der Waals surface area contributed by atoms with Gasteiger partial charge in [0.1, 0.15) is 11.6 Å². The van der Waals surface area contributed by atoms with Crippen molar-refractivity contribution in [2.75, 3.05) is 55.7 Å². The van der Waals surface area contributed by atoms with Crippen molar-refractivity contribution >= 4 is 28.2 Å². The number of likely N-dealkylation sites (N-methyl/N-ethyl adjacent to an activating group) is 1. The summed E-state index contributed by atoms with van der Waals surface area (Å²) < 4.78 is 0. The number of nitrogens with zero attached hydrogens (tertiary/aromatic N) is 6. The fraction of sp³-hybridized carbons (Fsp3) is 0.348. The third-order valence-corrected chi connectivity index (χ3v) is 6.83. The zero-order chi connectivity index (χ0) is 22.1. The lowest BCUT2D eigenvalue weighted by Crippen LogP contribution is -2.44. The van der Waals surface area contributed by atoms with E-state index in [1.165, 1.54) is 11.1 Å². The Morgan fingerprint density at radius 1 is 1.09 bits per heavy atom. The van der Waals surface area contributed by atoms with E-state index in [1.54, 1.807) is 17.5 Å². The number of nitrogens with one attached hydrogen (secondary N) is 1. The molecule has 0 spiro atoms. The Balaban J connectivity index is 1.36. The normalized spacial score (nSPS) is 16.7. The number of thiazole rings is 1. The van der Waals surface area contributed by atoms with Crippen LogP contribution in [0.2, 0.25) is 0 Å². The van der Waals surface area contributed by atoms with E-state index in [0.29, 0.717) is 5.95 Å². The highest BCUT2D eigenvalue weighted by Crippen LogP contribution is 2.29. The Hall–Kier alpha value is -3.17. The Bertz CT molecular complexity index is 1110. The molecule has 9 heteroatoms. The molecule has 5 rings (SSSR count). The van der Waals surface area contributed by atoms with E-state index >= 15 is 0 Å². The molecule has 2 aliphatic heterocycles. The van der Waals surface area contributed by atoms with Crippen LogP contribution in [0.3, 0.4) is 0 Å². The second kappa shape index (κ2) is 8.76. The SMILES string of the molecule is C=C(Nc1nccs1)N1CCc2ccc(-c3cc(N4CCN(C)CC4)nc(N)n3)cc2C1.